The molecule has 0 bridgehead atoms. The highest BCUT2D eigenvalue weighted by Crippen LogP contribution is 2.46. The molecule has 2 N–H and O–H groups in total. The van der Waals surface area contributed by atoms with Gasteiger partial charge in [-0.25, -0.2) is 8.78 Å². The minimum absolute atomic E-state index is 0.0684. The van der Waals surface area contributed by atoms with E-state index in [9.17, 15) is 23.2 Å². The third-order valence-electron chi connectivity index (χ3n) is 13.8. The number of fused-ring (bicyclic) bond motifs is 8. The number of piperazine rings is 1. The van der Waals surface area contributed by atoms with Crippen LogP contribution in [0, 0.1) is 5.92 Å². The molecule has 1 aromatic heterocycles. The zero-order valence-corrected chi connectivity index (χ0v) is 33.6. The first-order valence-electron chi connectivity index (χ1n) is 21.1. The molecule has 0 spiro atoms. The van der Waals surface area contributed by atoms with E-state index in [0.717, 1.165) is 97.0 Å². The predicted octanol–water partition coefficient (Wildman–Crippen LogP) is 5.34. The van der Waals surface area contributed by atoms with Gasteiger partial charge in [-0.15, -0.1) is 0 Å². The third kappa shape index (κ3) is 6.68. The lowest BCUT2D eigenvalue weighted by molar-refractivity contribution is -0.136. The molecule has 3 saturated heterocycles. The maximum Gasteiger partial charge on any atom is 0.255 e. The molecule has 6 aliphatic rings. The lowest BCUT2D eigenvalue weighted by Crippen LogP contribution is -2.58. The molecule has 3 amide bonds. The lowest BCUT2D eigenvalue weighted by atomic mass is 9.88. The number of alkyl halides is 2. The Kier molecular flexibility index (Phi) is 9.74. The van der Waals surface area contributed by atoms with Crippen LogP contribution in [0.25, 0.3) is 10.9 Å². The smallest absolute Gasteiger partial charge is 0.255 e. The first-order chi connectivity index (χ1) is 28.6. The fourth-order valence-electron chi connectivity index (χ4n) is 10.9. The molecule has 0 radical (unpaired) electrons. The summed E-state index contributed by atoms with van der Waals surface area (Å²) in [4.78, 5) is 52.3. The number of para-hydroxylation sites is 1. The molecule has 310 valence electrons. The summed E-state index contributed by atoms with van der Waals surface area (Å²) in [6.07, 6.45) is 0.941. The largest absolute Gasteiger partial charge is 0.496 e. The summed E-state index contributed by atoms with van der Waals surface area (Å²) >= 11 is 0. The van der Waals surface area contributed by atoms with Crippen LogP contribution in [0.15, 0.2) is 54.6 Å². The number of imide groups is 1. The van der Waals surface area contributed by atoms with Gasteiger partial charge in [0.05, 0.1) is 38.0 Å². The van der Waals surface area contributed by atoms with Gasteiger partial charge in [-0.1, -0.05) is 24.3 Å². The Balaban J connectivity index is 0.784. The Bertz CT molecular complexity index is 2310. The fourth-order valence-corrected chi connectivity index (χ4v) is 10.9. The highest BCUT2D eigenvalue weighted by molar-refractivity contribution is 6.06. The molecule has 3 aromatic carbocycles. The molecule has 7 heterocycles. The van der Waals surface area contributed by atoms with Gasteiger partial charge in [0.2, 0.25) is 11.8 Å². The number of anilines is 2. The van der Waals surface area contributed by atoms with Gasteiger partial charge >= 0.3 is 0 Å². The van der Waals surface area contributed by atoms with E-state index >= 15 is 0 Å². The number of piperidine rings is 2. The molecule has 4 aromatic rings. The highest BCUT2D eigenvalue weighted by atomic mass is 19.3. The summed E-state index contributed by atoms with van der Waals surface area (Å²) in [5.74, 6) is 1.13. The van der Waals surface area contributed by atoms with E-state index in [1.807, 2.05) is 36.1 Å². The fraction of sp³-hybridized carbons (Fsp3) is 0.489. The van der Waals surface area contributed by atoms with E-state index in [1.54, 1.807) is 12.0 Å². The molecule has 0 saturated carbocycles. The average molecular weight is 808 g/mol. The number of methoxy groups -OCH3 is 1. The number of H-pyrrole nitrogens is 1. The minimum Gasteiger partial charge on any atom is -0.496 e. The van der Waals surface area contributed by atoms with E-state index in [4.69, 9.17) is 9.47 Å². The van der Waals surface area contributed by atoms with Gasteiger partial charge in [-0.2, -0.15) is 0 Å². The molecule has 14 heteroatoms. The second-order valence-electron chi connectivity index (χ2n) is 17.2. The molecule has 59 heavy (non-hydrogen) atoms. The molecule has 0 aliphatic carbocycles. The van der Waals surface area contributed by atoms with Crippen molar-refractivity contribution in [1.29, 1.82) is 0 Å². The topological polar surface area (TPSA) is 114 Å². The number of ether oxygens (including phenoxy) is 2. The normalized spacial score (nSPS) is 25.2. The van der Waals surface area contributed by atoms with Gasteiger partial charge in [0.25, 0.3) is 12.3 Å². The molecule has 1 unspecified atom stereocenters. The van der Waals surface area contributed by atoms with Crippen LogP contribution >= 0.6 is 0 Å². The Morgan fingerprint density at radius 1 is 0.949 bits per heavy atom. The summed E-state index contributed by atoms with van der Waals surface area (Å²) in [5, 5.41) is 3.53. The number of carbonyl (C=O) groups excluding carboxylic acids is 3. The van der Waals surface area contributed by atoms with Crippen molar-refractivity contribution in [3.63, 3.8) is 0 Å². The van der Waals surface area contributed by atoms with Crippen molar-refractivity contribution in [1.82, 2.24) is 25.0 Å². The third-order valence-corrected chi connectivity index (χ3v) is 13.8. The van der Waals surface area contributed by atoms with Crippen molar-refractivity contribution >= 4 is 40.0 Å². The molecule has 4 atom stereocenters. The van der Waals surface area contributed by atoms with Crippen molar-refractivity contribution in [3.8, 4) is 11.5 Å². The molecular weight excluding hydrogens is 757 g/mol. The molecular formula is C45H51F2N7O5. The maximum absolute atomic E-state index is 14.1. The number of hydrogen-bond donors (Lipinski definition) is 2. The van der Waals surface area contributed by atoms with Crippen LogP contribution in [-0.4, -0.2) is 121 Å². The van der Waals surface area contributed by atoms with E-state index in [0.29, 0.717) is 43.2 Å². The second kappa shape index (κ2) is 15.1. The SMILES string of the molecule is COc1cc(N2CCC(CN3CCN4c5ccc6c(c5OC[C@@H]4C3)CN([C@H]3CCC(=O)NC3=O)C6=O)CC2)ccc1C1c2[nH]c3ccccc3c2C[C@@H](C)N1CC(F)F. The molecule has 10 rings (SSSR count). The van der Waals surface area contributed by atoms with Crippen LogP contribution in [0.4, 0.5) is 20.2 Å². The van der Waals surface area contributed by atoms with Crippen LogP contribution in [0.1, 0.15) is 71.4 Å². The number of amides is 3. The second-order valence-corrected chi connectivity index (χ2v) is 17.2. The van der Waals surface area contributed by atoms with Gasteiger partial charge < -0.3 is 29.2 Å². The van der Waals surface area contributed by atoms with Crippen LogP contribution < -0.4 is 24.6 Å². The number of rotatable bonds is 8. The summed E-state index contributed by atoms with van der Waals surface area (Å²) in [6.45, 7) is 8.15. The van der Waals surface area contributed by atoms with E-state index < -0.39 is 18.4 Å². The van der Waals surface area contributed by atoms with Gasteiger partial charge in [0.15, 0.2) is 0 Å². The Morgan fingerprint density at radius 3 is 2.58 bits per heavy atom. The number of benzene rings is 3. The summed E-state index contributed by atoms with van der Waals surface area (Å²) < 4.78 is 40.6. The van der Waals surface area contributed by atoms with E-state index in [2.05, 4.69) is 55.3 Å². The summed E-state index contributed by atoms with van der Waals surface area (Å²) in [5.41, 5.74) is 7.59. The predicted molar refractivity (Wildman–Crippen MR) is 220 cm³/mol. The monoisotopic (exact) mass is 807 g/mol. The Morgan fingerprint density at radius 2 is 1.78 bits per heavy atom. The standard InChI is InChI=1S/C45H51F2N7O5/c1-26-19-33-30-5-3-4-6-35(30)48-41(33)42(53(26)24-39(46)47)32-8-7-28(20-38(32)58-2)51-15-13-27(14-16-51)21-50-17-18-52-29(22-50)25-59-43-34-23-54(37-11-12-40(55)49-44(37)56)45(57)31(34)9-10-36(43)52/h3-10,20,26-27,29,37,39,42,48H,11-19,21-25H2,1-2H3,(H,49,55,56)/t26-,29+,37+,42?/m1/s1. The van der Waals surface area contributed by atoms with Crippen LogP contribution in [-0.2, 0) is 22.6 Å². The Labute approximate surface area is 342 Å². The van der Waals surface area contributed by atoms with Gasteiger partial charge in [0, 0.05) is 96.8 Å². The number of nitrogens with zero attached hydrogens (tertiary/aromatic N) is 5. The maximum atomic E-state index is 14.1. The van der Waals surface area contributed by atoms with Crippen molar-refractivity contribution in [2.24, 2.45) is 5.92 Å². The number of aromatic amines is 1. The lowest BCUT2D eigenvalue weighted by Gasteiger charge is -2.47. The summed E-state index contributed by atoms with van der Waals surface area (Å²) in [6, 6.07) is 17.5. The first-order valence-corrected chi connectivity index (χ1v) is 21.1. The molecule has 3 fully saturated rings. The number of nitrogens with one attached hydrogen (secondary N) is 2. The van der Waals surface area contributed by atoms with Crippen molar-refractivity contribution in [2.45, 2.75) is 76.2 Å². The van der Waals surface area contributed by atoms with E-state index in [-0.39, 0.29) is 42.9 Å². The van der Waals surface area contributed by atoms with Gasteiger partial charge in [-0.3, -0.25) is 29.5 Å². The first kappa shape index (κ1) is 38.0. The van der Waals surface area contributed by atoms with Crippen LogP contribution in [0.2, 0.25) is 0 Å². The average Bonchev–Trinajstić information content (AvgIpc) is 3.77. The number of aromatic nitrogens is 1. The van der Waals surface area contributed by atoms with Crippen LogP contribution in [0.5, 0.6) is 11.5 Å². The Hall–Kier alpha value is -5.21. The summed E-state index contributed by atoms with van der Waals surface area (Å²) in [7, 11) is 1.67. The number of carbonyl (C=O) groups is 3. The van der Waals surface area contributed by atoms with Crippen LogP contribution in [0.3, 0.4) is 0 Å². The highest BCUT2D eigenvalue weighted by Gasteiger charge is 2.44. The van der Waals surface area contributed by atoms with Gasteiger partial charge in [0.1, 0.15) is 24.1 Å². The number of hydrogen-bond acceptors (Lipinski definition) is 9. The van der Waals surface area contributed by atoms with Crippen molar-refractivity contribution in [2.75, 3.05) is 69.3 Å². The zero-order chi connectivity index (χ0) is 40.5. The number of halogens is 2. The van der Waals surface area contributed by atoms with E-state index in [1.165, 1.54) is 5.56 Å². The van der Waals surface area contributed by atoms with Crippen molar-refractivity contribution < 1.29 is 32.6 Å². The van der Waals surface area contributed by atoms with Gasteiger partial charge in [-0.05, 0) is 68.4 Å². The quantitative estimate of drug-likeness (QED) is 0.228. The van der Waals surface area contributed by atoms with Crippen molar-refractivity contribution in [3.05, 3.63) is 82.5 Å². The minimum atomic E-state index is -2.45. The molecule has 12 nitrogen and oxygen atoms in total. The molecule has 6 aliphatic heterocycles. The zero-order valence-electron chi connectivity index (χ0n) is 33.6.